The van der Waals surface area contributed by atoms with Gasteiger partial charge in [-0.05, 0) is 65.6 Å². The van der Waals surface area contributed by atoms with E-state index in [0.717, 1.165) is 25.7 Å². The minimum atomic E-state index is -0.0153. The molecule has 0 fully saturated rings. The number of amides is 1. The molecule has 0 aromatic heterocycles. The number of benzene rings is 2. The van der Waals surface area contributed by atoms with Crippen LogP contribution in [-0.4, -0.2) is 5.91 Å². The lowest BCUT2D eigenvalue weighted by molar-refractivity contribution is 0.0950. The van der Waals surface area contributed by atoms with Crippen LogP contribution in [0.3, 0.4) is 0 Å². The standard InChI is InChI=1S/C23H29NO/c1-5-12-19-15-17(6-2)22(21(8-4)20(19)7-3)16-24-23(25)18-13-10-9-11-14-18/h9-11,13-15H,5-8,16H2,1-4H3,(H,24,25). The van der Waals surface area contributed by atoms with Gasteiger partial charge in [0.2, 0.25) is 0 Å². The van der Waals surface area contributed by atoms with E-state index in [1.165, 1.54) is 27.8 Å². The second-order valence-corrected chi connectivity index (χ2v) is 6.16. The van der Waals surface area contributed by atoms with Gasteiger partial charge < -0.3 is 5.32 Å². The second kappa shape index (κ2) is 9.41. The highest BCUT2D eigenvalue weighted by Gasteiger charge is 2.16. The molecule has 0 aliphatic heterocycles. The molecule has 0 aliphatic rings. The van der Waals surface area contributed by atoms with Crippen LogP contribution in [0, 0.1) is 6.42 Å². The molecule has 0 atom stereocenters. The summed E-state index contributed by atoms with van der Waals surface area (Å²) in [4.78, 5) is 12.4. The Labute approximate surface area is 152 Å². The van der Waals surface area contributed by atoms with Gasteiger partial charge in [0.1, 0.15) is 0 Å². The molecule has 25 heavy (non-hydrogen) atoms. The third-order valence-corrected chi connectivity index (χ3v) is 4.68. The smallest absolute Gasteiger partial charge is 0.251 e. The molecule has 0 bridgehead atoms. The second-order valence-electron chi connectivity index (χ2n) is 6.16. The Hall–Kier alpha value is -2.09. The van der Waals surface area contributed by atoms with E-state index in [0.29, 0.717) is 12.1 Å². The van der Waals surface area contributed by atoms with Crippen molar-refractivity contribution in [2.45, 2.75) is 59.9 Å². The first-order valence-corrected chi connectivity index (χ1v) is 9.39. The van der Waals surface area contributed by atoms with Crippen LogP contribution in [0.15, 0.2) is 36.4 Å². The fourth-order valence-electron chi connectivity index (χ4n) is 3.46. The summed E-state index contributed by atoms with van der Waals surface area (Å²) in [6.45, 7) is 9.29. The van der Waals surface area contributed by atoms with Crippen molar-refractivity contribution in [2.24, 2.45) is 0 Å². The van der Waals surface area contributed by atoms with Crippen molar-refractivity contribution in [1.82, 2.24) is 5.32 Å². The van der Waals surface area contributed by atoms with Crippen molar-refractivity contribution < 1.29 is 4.79 Å². The normalized spacial score (nSPS) is 10.7. The highest BCUT2D eigenvalue weighted by molar-refractivity contribution is 5.94. The summed E-state index contributed by atoms with van der Waals surface area (Å²) in [5, 5.41) is 3.11. The maximum absolute atomic E-state index is 12.4. The Morgan fingerprint density at radius 3 is 2.16 bits per heavy atom. The Morgan fingerprint density at radius 1 is 0.920 bits per heavy atom. The average Bonchev–Trinajstić information content (AvgIpc) is 2.66. The van der Waals surface area contributed by atoms with Crippen molar-refractivity contribution in [2.75, 3.05) is 0 Å². The maximum Gasteiger partial charge on any atom is 0.251 e. The minimum absolute atomic E-state index is 0.0153. The van der Waals surface area contributed by atoms with Gasteiger partial charge in [-0.1, -0.05) is 52.0 Å². The number of aryl methyl sites for hydroxylation is 1. The van der Waals surface area contributed by atoms with Gasteiger partial charge in [0.15, 0.2) is 0 Å². The van der Waals surface area contributed by atoms with E-state index in [-0.39, 0.29) is 5.91 Å². The van der Waals surface area contributed by atoms with Crippen molar-refractivity contribution >= 4 is 5.91 Å². The zero-order valence-electron chi connectivity index (χ0n) is 15.9. The Balaban J connectivity index is 2.33. The lowest BCUT2D eigenvalue weighted by Gasteiger charge is -2.21. The number of carbonyl (C=O) groups excluding carboxylic acids is 1. The van der Waals surface area contributed by atoms with E-state index in [4.69, 9.17) is 0 Å². The molecule has 2 aromatic carbocycles. The molecule has 0 saturated carbocycles. The summed E-state index contributed by atoms with van der Waals surface area (Å²) in [7, 11) is 0. The predicted molar refractivity (Wildman–Crippen MR) is 105 cm³/mol. The van der Waals surface area contributed by atoms with E-state index in [2.05, 4.69) is 45.5 Å². The van der Waals surface area contributed by atoms with Crippen LogP contribution < -0.4 is 5.32 Å². The largest absolute Gasteiger partial charge is 0.348 e. The molecule has 2 radical (unpaired) electrons. The van der Waals surface area contributed by atoms with Crippen LogP contribution in [0.1, 0.15) is 72.3 Å². The summed E-state index contributed by atoms with van der Waals surface area (Å²) >= 11 is 0. The van der Waals surface area contributed by atoms with Gasteiger partial charge in [0.25, 0.3) is 5.91 Å². The number of rotatable bonds is 8. The lowest BCUT2D eigenvalue weighted by Crippen LogP contribution is -2.24. The Morgan fingerprint density at radius 2 is 1.60 bits per heavy atom. The van der Waals surface area contributed by atoms with Gasteiger partial charge in [-0.3, -0.25) is 4.79 Å². The van der Waals surface area contributed by atoms with Crippen LogP contribution in [0.25, 0.3) is 0 Å². The molecule has 2 rings (SSSR count). The van der Waals surface area contributed by atoms with Gasteiger partial charge in [-0.15, -0.1) is 0 Å². The quantitative estimate of drug-likeness (QED) is 0.711. The van der Waals surface area contributed by atoms with Crippen molar-refractivity contribution in [3.8, 4) is 0 Å². The third kappa shape index (κ3) is 4.50. The molecule has 1 amide bonds. The molecule has 2 heteroatoms. The Bertz CT molecular complexity index is 704. The van der Waals surface area contributed by atoms with Crippen LogP contribution >= 0.6 is 0 Å². The van der Waals surface area contributed by atoms with E-state index in [1.54, 1.807) is 0 Å². The maximum atomic E-state index is 12.4. The molecule has 1 N–H and O–H groups in total. The Kier molecular flexibility index (Phi) is 7.24. The number of carbonyl (C=O) groups is 1. The molecule has 2 aromatic rings. The minimum Gasteiger partial charge on any atom is -0.348 e. The third-order valence-electron chi connectivity index (χ3n) is 4.68. The average molecular weight is 335 g/mol. The first-order chi connectivity index (χ1) is 12.2. The lowest BCUT2D eigenvalue weighted by atomic mass is 9.86. The summed E-state index contributed by atoms with van der Waals surface area (Å²) in [6.07, 6.45) is 7.36. The van der Waals surface area contributed by atoms with Crippen molar-refractivity contribution in [3.63, 3.8) is 0 Å². The topological polar surface area (TPSA) is 29.1 Å². The van der Waals surface area contributed by atoms with Crippen LogP contribution in [0.5, 0.6) is 0 Å². The first-order valence-electron chi connectivity index (χ1n) is 9.39. The fraction of sp³-hybridized carbons (Fsp3) is 0.391. The summed E-state index contributed by atoms with van der Waals surface area (Å²) in [5.41, 5.74) is 7.32. The molecule has 0 aliphatic carbocycles. The van der Waals surface area contributed by atoms with Crippen LogP contribution in [0.2, 0.25) is 0 Å². The van der Waals surface area contributed by atoms with Gasteiger partial charge >= 0.3 is 0 Å². The van der Waals surface area contributed by atoms with Gasteiger partial charge in [0.05, 0.1) is 0 Å². The molecular weight excluding hydrogens is 306 g/mol. The van der Waals surface area contributed by atoms with Gasteiger partial charge in [0, 0.05) is 18.5 Å². The highest BCUT2D eigenvalue weighted by atomic mass is 16.1. The van der Waals surface area contributed by atoms with Crippen LogP contribution in [-0.2, 0) is 25.8 Å². The van der Waals surface area contributed by atoms with E-state index in [1.807, 2.05) is 30.3 Å². The molecule has 2 nitrogen and oxygen atoms in total. The van der Waals surface area contributed by atoms with E-state index >= 15 is 0 Å². The number of nitrogens with one attached hydrogen (secondary N) is 1. The molecule has 132 valence electrons. The summed E-state index contributed by atoms with van der Waals surface area (Å²) in [5.74, 6) is -0.0153. The molecule has 0 saturated heterocycles. The molecular formula is C23H29NO. The summed E-state index contributed by atoms with van der Waals surface area (Å²) in [6, 6.07) is 11.7. The first kappa shape index (κ1) is 19.2. The van der Waals surface area contributed by atoms with E-state index in [9.17, 15) is 4.79 Å². The summed E-state index contributed by atoms with van der Waals surface area (Å²) < 4.78 is 0. The fourth-order valence-corrected chi connectivity index (χ4v) is 3.46. The van der Waals surface area contributed by atoms with Gasteiger partial charge in [-0.25, -0.2) is 0 Å². The molecule has 0 spiro atoms. The highest BCUT2D eigenvalue weighted by Crippen LogP contribution is 2.27. The van der Waals surface area contributed by atoms with E-state index < -0.39 is 0 Å². The zero-order valence-corrected chi connectivity index (χ0v) is 15.9. The van der Waals surface area contributed by atoms with Crippen molar-refractivity contribution in [1.29, 1.82) is 0 Å². The monoisotopic (exact) mass is 335 g/mol. The zero-order chi connectivity index (χ0) is 18.2. The van der Waals surface area contributed by atoms with Gasteiger partial charge in [-0.2, -0.15) is 0 Å². The van der Waals surface area contributed by atoms with Crippen LogP contribution in [0.4, 0.5) is 0 Å². The number of hydrogen-bond acceptors (Lipinski definition) is 1. The number of hydrogen-bond donors (Lipinski definition) is 1. The van der Waals surface area contributed by atoms with Crippen molar-refractivity contribution in [3.05, 3.63) is 76.2 Å². The predicted octanol–water partition coefficient (Wildman–Crippen LogP) is 5.14. The SMILES string of the molecule is CC[C]c1cc(CC)c(CNC(=O)c2ccccc2)c(CC)c1CC. The molecule has 0 unspecified atom stereocenters. The molecule has 0 heterocycles.